The zero-order valence-electron chi connectivity index (χ0n) is 11.8. The van der Waals surface area contributed by atoms with Gasteiger partial charge in [-0.3, -0.25) is 0 Å². The molecular formula is C15H24NO3+. The maximum atomic E-state index is 9.53. The van der Waals surface area contributed by atoms with E-state index in [4.69, 9.17) is 9.47 Å². The number of rotatable bonds is 5. The van der Waals surface area contributed by atoms with Crippen LogP contribution < -0.4 is 14.4 Å². The van der Waals surface area contributed by atoms with E-state index in [1.165, 1.54) is 10.5 Å². The summed E-state index contributed by atoms with van der Waals surface area (Å²) >= 11 is 0. The molecule has 0 radical (unpaired) electrons. The average molecular weight is 266 g/mol. The molecule has 0 aromatic heterocycles. The van der Waals surface area contributed by atoms with Gasteiger partial charge in [0.25, 0.3) is 0 Å². The molecule has 0 unspecified atom stereocenters. The van der Waals surface area contributed by atoms with Crippen LogP contribution in [0.15, 0.2) is 18.2 Å². The van der Waals surface area contributed by atoms with Gasteiger partial charge in [-0.25, -0.2) is 0 Å². The molecule has 1 heterocycles. The largest absolute Gasteiger partial charge is 0.493 e. The van der Waals surface area contributed by atoms with Crippen LogP contribution in [0.2, 0.25) is 0 Å². The van der Waals surface area contributed by atoms with Crippen molar-refractivity contribution in [2.24, 2.45) is 0 Å². The maximum absolute atomic E-state index is 9.53. The van der Waals surface area contributed by atoms with Crippen molar-refractivity contribution < 1.29 is 19.5 Å². The Bertz CT molecular complexity index is 400. The maximum Gasteiger partial charge on any atom is 0.161 e. The molecule has 0 spiro atoms. The van der Waals surface area contributed by atoms with Gasteiger partial charge >= 0.3 is 0 Å². The van der Waals surface area contributed by atoms with Crippen molar-refractivity contribution in [1.82, 2.24) is 0 Å². The highest BCUT2D eigenvalue weighted by atomic mass is 16.5. The van der Waals surface area contributed by atoms with Crippen LogP contribution in [-0.2, 0) is 6.54 Å². The standard InChI is InChI=1S/C15H23NO3/c1-3-19-15-10-12(4-5-14(15)18-2)11-16-8-6-13(17)7-9-16/h4-5,10,13,17H,3,6-9,11H2,1-2H3/p+1. The molecule has 0 amide bonds. The summed E-state index contributed by atoms with van der Waals surface area (Å²) in [5, 5.41) is 9.53. The van der Waals surface area contributed by atoms with Crippen LogP contribution in [0, 0.1) is 0 Å². The number of nitrogens with one attached hydrogen (secondary N) is 1. The van der Waals surface area contributed by atoms with E-state index in [1.807, 2.05) is 13.0 Å². The molecule has 1 aliphatic heterocycles. The fourth-order valence-corrected chi connectivity index (χ4v) is 2.58. The highest BCUT2D eigenvalue weighted by molar-refractivity contribution is 5.42. The van der Waals surface area contributed by atoms with Crippen LogP contribution in [0.1, 0.15) is 25.3 Å². The summed E-state index contributed by atoms with van der Waals surface area (Å²) in [5.74, 6) is 1.61. The van der Waals surface area contributed by atoms with Crippen LogP contribution in [0.5, 0.6) is 11.5 Å². The number of aliphatic hydroxyl groups is 1. The molecule has 2 N–H and O–H groups in total. The second kappa shape index (κ2) is 6.78. The second-order valence-electron chi connectivity index (χ2n) is 5.08. The van der Waals surface area contributed by atoms with E-state index in [1.54, 1.807) is 7.11 Å². The minimum atomic E-state index is -0.0985. The van der Waals surface area contributed by atoms with Crippen molar-refractivity contribution in [3.8, 4) is 11.5 Å². The second-order valence-corrected chi connectivity index (χ2v) is 5.08. The van der Waals surface area contributed by atoms with E-state index in [0.29, 0.717) is 6.61 Å². The SMILES string of the molecule is CCOc1cc(C[NH+]2CCC(O)CC2)ccc1OC. The van der Waals surface area contributed by atoms with E-state index in [-0.39, 0.29) is 6.10 Å². The number of methoxy groups -OCH3 is 1. The number of piperidine rings is 1. The van der Waals surface area contributed by atoms with Gasteiger partial charge in [-0.15, -0.1) is 0 Å². The van der Waals surface area contributed by atoms with Crippen molar-refractivity contribution in [3.05, 3.63) is 23.8 Å². The molecule has 106 valence electrons. The van der Waals surface area contributed by atoms with Crippen molar-refractivity contribution >= 4 is 0 Å². The molecule has 0 aliphatic carbocycles. The number of aliphatic hydroxyl groups excluding tert-OH is 1. The average Bonchev–Trinajstić information content (AvgIpc) is 2.42. The minimum Gasteiger partial charge on any atom is -0.493 e. The van der Waals surface area contributed by atoms with Crippen LogP contribution in [-0.4, -0.2) is 38.0 Å². The molecule has 1 aliphatic rings. The molecule has 0 saturated carbocycles. The van der Waals surface area contributed by atoms with E-state index in [2.05, 4.69) is 12.1 Å². The quantitative estimate of drug-likeness (QED) is 0.822. The van der Waals surface area contributed by atoms with Gasteiger partial charge in [0.15, 0.2) is 11.5 Å². The molecular weight excluding hydrogens is 242 g/mol. The van der Waals surface area contributed by atoms with Crippen molar-refractivity contribution in [3.63, 3.8) is 0 Å². The van der Waals surface area contributed by atoms with Crippen molar-refractivity contribution in [1.29, 1.82) is 0 Å². The summed E-state index contributed by atoms with van der Waals surface area (Å²) in [4.78, 5) is 1.53. The van der Waals surface area contributed by atoms with Gasteiger partial charge in [0, 0.05) is 18.4 Å². The zero-order valence-corrected chi connectivity index (χ0v) is 11.8. The summed E-state index contributed by atoms with van der Waals surface area (Å²) in [6.45, 7) is 5.68. The molecule has 1 aromatic carbocycles. The summed E-state index contributed by atoms with van der Waals surface area (Å²) < 4.78 is 10.9. The number of benzene rings is 1. The summed E-state index contributed by atoms with van der Waals surface area (Å²) in [6.07, 6.45) is 1.71. The minimum absolute atomic E-state index is 0.0985. The Hall–Kier alpha value is -1.26. The Labute approximate surface area is 114 Å². The number of ether oxygens (including phenoxy) is 2. The highest BCUT2D eigenvalue weighted by Crippen LogP contribution is 2.27. The van der Waals surface area contributed by atoms with Crippen LogP contribution in [0.3, 0.4) is 0 Å². The Morgan fingerprint density at radius 2 is 2.00 bits per heavy atom. The van der Waals surface area contributed by atoms with Gasteiger partial charge in [-0.1, -0.05) is 0 Å². The predicted molar refractivity (Wildman–Crippen MR) is 73.8 cm³/mol. The van der Waals surface area contributed by atoms with E-state index in [0.717, 1.165) is 44.0 Å². The number of quaternary nitrogens is 1. The van der Waals surface area contributed by atoms with E-state index >= 15 is 0 Å². The number of likely N-dealkylation sites (tertiary alicyclic amines) is 1. The molecule has 1 aromatic rings. The van der Waals surface area contributed by atoms with Gasteiger partial charge in [-0.2, -0.15) is 0 Å². The van der Waals surface area contributed by atoms with Gasteiger partial charge in [0.1, 0.15) is 6.54 Å². The Balaban J connectivity index is 2.02. The van der Waals surface area contributed by atoms with Crippen LogP contribution >= 0.6 is 0 Å². The lowest BCUT2D eigenvalue weighted by molar-refractivity contribution is -0.919. The van der Waals surface area contributed by atoms with Gasteiger partial charge < -0.3 is 19.5 Å². The highest BCUT2D eigenvalue weighted by Gasteiger charge is 2.20. The topological polar surface area (TPSA) is 43.1 Å². The Morgan fingerprint density at radius 1 is 1.26 bits per heavy atom. The third-order valence-electron chi connectivity index (χ3n) is 3.64. The molecule has 1 fully saturated rings. The molecule has 4 heteroatoms. The van der Waals surface area contributed by atoms with E-state index < -0.39 is 0 Å². The van der Waals surface area contributed by atoms with Gasteiger partial charge in [0.05, 0.1) is 32.9 Å². The monoisotopic (exact) mass is 266 g/mol. The fraction of sp³-hybridized carbons (Fsp3) is 0.600. The van der Waals surface area contributed by atoms with Crippen LogP contribution in [0.25, 0.3) is 0 Å². The van der Waals surface area contributed by atoms with E-state index in [9.17, 15) is 5.11 Å². The summed E-state index contributed by atoms with van der Waals surface area (Å²) in [6, 6.07) is 6.14. The molecule has 2 rings (SSSR count). The fourth-order valence-electron chi connectivity index (χ4n) is 2.58. The Kier molecular flexibility index (Phi) is 5.05. The first-order valence-corrected chi connectivity index (χ1v) is 7.04. The van der Waals surface area contributed by atoms with Gasteiger partial charge in [-0.05, 0) is 25.1 Å². The van der Waals surface area contributed by atoms with Gasteiger partial charge in [0.2, 0.25) is 0 Å². The first kappa shape index (κ1) is 14.2. The zero-order chi connectivity index (χ0) is 13.7. The van der Waals surface area contributed by atoms with Crippen molar-refractivity contribution in [2.75, 3.05) is 26.8 Å². The molecule has 19 heavy (non-hydrogen) atoms. The molecule has 0 atom stereocenters. The van der Waals surface area contributed by atoms with Crippen LogP contribution in [0.4, 0.5) is 0 Å². The predicted octanol–water partition coefficient (Wildman–Crippen LogP) is 0.633. The lowest BCUT2D eigenvalue weighted by Crippen LogP contribution is -3.12. The first-order valence-electron chi connectivity index (χ1n) is 7.04. The third kappa shape index (κ3) is 3.85. The first-order chi connectivity index (χ1) is 9.22. The Morgan fingerprint density at radius 3 is 2.63 bits per heavy atom. The number of hydrogen-bond acceptors (Lipinski definition) is 3. The third-order valence-corrected chi connectivity index (χ3v) is 3.64. The smallest absolute Gasteiger partial charge is 0.161 e. The number of hydrogen-bond donors (Lipinski definition) is 2. The lowest BCUT2D eigenvalue weighted by Gasteiger charge is -2.26. The molecule has 1 saturated heterocycles. The normalized spacial score (nSPS) is 23.1. The van der Waals surface area contributed by atoms with Crippen molar-refractivity contribution in [2.45, 2.75) is 32.4 Å². The lowest BCUT2D eigenvalue weighted by atomic mass is 10.1. The summed E-state index contributed by atoms with van der Waals surface area (Å²) in [5.41, 5.74) is 1.26. The summed E-state index contributed by atoms with van der Waals surface area (Å²) in [7, 11) is 1.66. The molecule has 0 bridgehead atoms. The molecule has 4 nitrogen and oxygen atoms in total.